The molecule has 0 saturated heterocycles. The van der Waals surface area contributed by atoms with Crippen LogP contribution in [0.25, 0.3) is 43.8 Å². The lowest BCUT2D eigenvalue weighted by atomic mass is 10.0. The van der Waals surface area contributed by atoms with Crippen molar-refractivity contribution in [2.45, 2.75) is 0 Å². The molecule has 0 fully saturated rings. The zero-order chi connectivity index (χ0) is 23.9. The van der Waals surface area contributed by atoms with E-state index in [0.717, 1.165) is 49.8 Å². The maximum absolute atomic E-state index is 6.48. The van der Waals surface area contributed by atoms with E-state index in [9.17, 15) is 0 Å². The first-order valence-electron chi connectivity index (χ1n) is 12.2. The van der Waals surface area contributed by atoms with Crippen molar-refractivity contribution in [3.63, 3.8) is 0 Å². The molecule has 0 bridgehead atoms. The predicted molar refractivity (Wildman–Crippen MR) is 151 cm³/mol. The van der Waals surface area contributed by atoms with E-state index in [1.54, 1.807) is 0 Å². The van der Waals surface area contributed by atoms with Gasteiger partial charge in [0, 0.05) is 22.1 Å². The average Bonchev–Trinajstić information content (AvgIpc) is 3.35. The van der Waals surface area contributed by atoms with Gasteiger partial charge in [-0.3, -0.25) is 0 Å². The summed E-state index contributed by atoms with van der Waals surface area (Å²) < 4.78 is 6.48. The summed E-state index contributed by atoms with van der Waals surface area (Å²) in [6, 6.07) is 49.0. The highest BCUT2D eigenvalue weighted by Crippen LogP contribution is 2.45. The van der Waals surface area contributed by atoms with Crippen LogP contribution in [0.3, 0.4) is 0 Å². The Balaban J connectivity index is 1.52. The number of rotatable bonds is 4. The van der Waals surface area contributed by atoms with Crippen LogP contribution in [0, 0.1) is 0 Å². The van der Waals surface area contributed by atoms with E-state index < -0.39 is 0 Å². The molecule has 2 heteroatoms. The van der Waals surface area contributed by atoms with Crippen molar-refractivity contribution in [3.8, 4) is 11.1 Å². The van der Waals surface area contributed by atoms with E-state index >= 15 is 0 Å². The molecule has 0 atom stereocenters. The SMILES string of the molecule is c1ccc(-c2ccc(N(c3ccccc3)c3cc4ccccc4c4oc5ccccc5c34)cc2)cc1. The molecule has 6 aromatic carbocycles. The molecule has 1 heterocycles. The minimum atomic E-state index is 0.901. The van der Waals surface area contributed by atoms with Crippen molar-refractivity contribution in [1.29, 1.82) is 0 Å². The van der Waals surface area contributed by atoms with Gasteiger partial charge in [-0.1, -0.05) is 103 Å². The van der Waals surface area contributed by atoms with Crippen LogP contribution in [-0.2, 0) is 0 Å². The molecule has 1 aromatic heterocycles. The largest absolute Gasteiger partial charge is 0.455 e. The van der Waals surface area contributed by atoms with Gasteiger partial charge >= 0.3 is 0 Å². The highest BCUT2D eigenvalue weighted by molar-refractivity contribution is 6.21. The first-order chi connectivity index (χ1) is 17.9. The van der Waals surface area contributed by atoms with Crippen LogP contribution in [0.2, 0.25) is 0 Å². The molecule has 0 N–H and O–H groups in total. The zero-order valence-corrected chi connectivity index (χ0v) is 19.6. The summed E-state index contributed by atoms with van der Waals surface area (Å²) in [5, 5.41) is 4.52. The Labute approximate surface area is 209 Å². The summed E-state index contributed by atoms with van der Waals surface area (Å²) in [4.78, 5) is 2.34. The fraction of sp³-hybridized carbons (Fsp3) is 0. The molecule has 0 aliphatic carbocycles. The van der Waals surface area contributed by atoms with Crippen molar-refractivity contribution in [1.82, 2.24) is 0 Å². The lowest BCUT2D eigenvalue weighted by Crippen LogP contribution is -2.10. The number of nitrogens with zero attached hydrogens (tertiary/aromatic N) is 1. The molecule has 0 aliphatic rings. The normalized spacial score (nSPS) is 11.3. The van der Waals surface area contributed by atoms with Crippen molar-refractivity contribution >= 4 is 49.8 Å². The summed E-state index contributed by atoms with van der Waals surface area (Å²) in [6.45, 7) is 0. The number of hydrogen-bond donors (Lipinski definition) is 0. The molecule has 170 valence electrons. The Kier molecular flexibility index (Phi) is 4.82. The third kappa shape index (κ3) is 3.35. The fourth-order valence-electron chi connectivity index (χ4n) is 5.15. The smallest absolute Gasteiger partial charge is 0.145 e. The first kappa shape index (κ1) is 20.5. The predicted octanol–water partition coefficient (Wildman–Crippen LogP) is 9.88. The molecule has 7 rings (SSSR count). The maximum atomic E-state index is 6.48. The standard InChI is InChI=1S/C34H23NO/c1-3-11-24(12-4-1)25-19-21-28(22-20-25)35(27-14-5-2-6-15-27)31-23-26-13-7-8-16-29(26)34-33(31)30-17-9-10-18-32(30)36-34/h1-23H. The third-order valence-electron chi connectivity index (χ3n) is 6.84. The Hall–Kier alpha value is -4.82. The number of furan rings is 1. The summed E-state index contributed by atoms with van der Waals surface area (Å²) in [5.74, 6) is 0. The number of fused-ring (bicyclic) bond motifs is 5. The van der Waals surface area contributed by atoms with Gasteiger partial charge in [-0.2, -0.15) is 0 Å². The van der Waals surface area contributed by atoms with Crippen molar-refractivity contribution in [3.05, 3.63) is 140 Å². The maximum Gasteiger partial charge on any atom is 0.145 e. The Morgan fingerprint density at radius 1 is 0.472 bits per heavy atom. The highest BCUT2D eigenvalue weighted by atomic mass is 16.3. The van der Waals surface area contributed by atoms with Gasteiger partial charge in [-0.25, -0.2) is 0 Å². The molecule has 36 heavy (non-hydrogen) atoms. The quantitative estimate of drug-likeness (QED) is 0.259. The summed E-state index contributed by atoms with van der Waals surface area (Å²) in [7, 11) is 0. The van der Waals surface area contributed by atoms with Crippen molar-refractivity contribution < 1.29 is 4.42 Å². The van der Waals surface area contributed by atoms with E-state index in [1.165, 1.54) is 11.1 Å². The van der Waals surface area contributed by atoms with Crippen LogP contribution < -0.4 is 4.90 Å². The van der Waals surface area contributed by atoms with E-state index in [-0.39, 0.29) is 0 Å². The fourth-order valence-corrected chi connectivity index (χ4v) is 5.15. The lowest BCUT2D eigenvalue weighted by Gasteiger charge is -2.27. The molecular weight excluding hydrogens is 438 g/mol. The van der Waals surface area contributed by atoms with Gasteiger partial charge in [-0.15, -0.1) is 0 Å². The highest BCUT2D eigenvalue weighted by Gasteiger charge is 2.21. The molecule has 0 spiro atoms. The Bertz CT molecular complexity index is 1820. The summed E-state index contributed by atoms with van der Waals surface area (Å²) in [5.41, 5.74) is 7.54. The van der Waals surface area contributed by atoms with Crippen LogP contribution in [-0.4, -0.2) is 0 Å². The minimum absolute atomic E-state index is 0.901. The molecule has 0 unspecified atom stereocenters. The van der Waals surface area contributed by atoms with E-state index in [0.29, 0.717) is 0 Å². The molecular formula is C34H23NO. The molecule has 2 nitrogen and oxygen atoms in total. The van der Waals surface area contributed by atoms with E-state index in [2.05, 4.69) is 138 Å². The summed E-state index contributed by atoms with van der Waals surface area (Å²) >= 11 is 0. The van der Waals surface area contributed by atoms with Crippen LogP contribution in [0.15, 0.2) is 144 Å². The minimum Gasteiger partial charge on any atom is -0.455 e. The number of anilines is 3. The van der Waals surface area contributed by atoms with Crippen molar-refractivity contribution in [2.24, 2.45) is 0 Å². The van der Waals surface area contributed by atoms with Crippen LogP contribution in [0.5, 0.6) is 0 Å². The van der Waals surface area contributed by atoms with Gasteiger partial charge in [-0.05, 0) is 52.9 Å². The zero-order valence-electron chi connectivity index (χ0n) is 19.6. The lowest BCUT2D eigenvalue weighted by molar-refractivity contribution is 0.672. The molecule has 0 saturated carbocycles. The van der Waals surface area contributed by atoms with E-state index in [4.69, 9.17) is 4.42 Å². The van der Waals surface area contributed by atoms with Crippen LogP contribution in [0.1, 0.15) is 0 Å². The van der Waals surface area contributed by atoms with Crippen LogP contribution >= 0.6 is 0 Å². The van der Waals surface area contributed by atoms with E-state index in [1.807, 2.05) is 6.07 Å². The second kappa shape index (κ2) is 8.44. The van der Waals surface area contributed by atoms with Crippen LogP contribution in [0.4, 0.5) is 17.1 Å². The second-order valence-corrected chi connectivity index (χ2v) is 9.00. The first-order valence-corrected chi connectivity index (χ1v) is 12.2. The Morgan fingerprint density at radius 2 is 1.06 bits per heavy atom. The summed E-state index contributed by atoms with van der Waals surface area (Å²) in [6.07, 6.45) is 0. The van der Waals surface area contributed by atoms with Gasteiger partial charge in [0.05, 0.1) is 11.1 Å². The number of benzene rings is 6. The topological polar surface area (TPSA) is 16.4 Å². The molecule has 0 radical (unpaired) electrons. The van der Waals surface area contributed by atoms with Crippen molar-refractivity contribution in [2.75, 3.05) is 4.90 Å². The number of hydrogen-bond acceptors (Lipinski definition) is 2. The monoisotopic (exact) mass is 461 g/mol. The molecule has 0 aliphatic heterocycles. The van der Waals surface area contributed by atoms with Gasteiger partial charge in [0.15, 0.2) is 0 Å². The second-order valence-electron chi connectivity index (χ2n) is 9.00. The molecule has 0 amide bonds. The van der Waals surface area contributed by atoms with Gasteiger partial charge in [0.1, 0.15) is 11.2 Å². The van der Waals surface area contributed by atoms with Gasteiger partial charge < -0.3 is 9.32 Å². The Morgan fingerprint density at radius 3 is 1.83 bits per heavy atom. The number of para-hydroxylation sites is 2. The van der Waals surface area contributed by atoms with Gasteiger partial charge in [0.25, 0.3) is 0 Å². The molecule has 7 aromatic rings. The third-order valence-corrected chi connectivity index (χ3v) is 6.84. The van der Waals surface area contributed by atoms with Gasteiger partial charge in [0.2, 0.25) is 0 Å². The average molecular weight is 462 g/mol.